The topological polar surface area (TPSA) is 95.1 Å². The monoisotopic (exact) mass is 391 g/mol. The molecule has 1 amide bonds. The van der Waals surface area contributed by atoms with Crippen molar-refractivity contribution < 1.29 is 22.7 Å². The lowest BCUT2D eigenvalue weighted by Crippen LogP contribution is -2.21. The highest BCUT2D eigenvalue weighted by Gasteiger charge is 2.37. The van der Waals surface area contributed by atoms with E-state index in [-0.39, 0.29) is 0 Å². The van der Waals surface area contributed by atoms with E-state index in [2.05, 4.69) is 15.4 Å². The van der Waals surface area contributed by atoms with E-state index in [1.807, 2.05) is 24.3 Å². The van der Waals surface area contributed by atoms with Crippen molar-refractivity contribution in [2.45, 2.75) is 12.7 Å². The van der Waals surface area contributed by atoms with Gasteiger partial charge in [0.15, 0.2) is 0 Å². The van der Waals surface area contributed by atoms with Crippen LogP contribution in [0.25, 0.3) is 11.1 Å². The molecule has 0 radical (unpaired) electrons. The third-order valence-electron chi connectivity index (χ3n) is 3.83. The summed E-state index contributed by atoms with van der Waals surface area (Å²) in [5.41, 5.74) is 7.63. The van der Waals surface area contributed by atoms with E-state index in [9.17, 15) is 18.0 Å². The number of ether oxygens (including phenoxy) is 1. The Kier molecular flexibility index (Phi) is 5.21. The van der Waals surface area contributed by atoms with E-state index in [0.29, 0.717) is 16.1 Å². The predicted octanol–water partition coefficient (Wildman–Crippen LogP) is 3.19. The number of nitrogens with one attached hydrogen (secondary N) is 1. The molecule has 3 rings (SSSR count). The summed E-state index contributed by atoms with van der Waals surface area (Å²) < 4.78 is 43.8. The summed E-state index contributed by atoms with van der Waals surface area (Å²) in [5.74, 6) is -1.76. The first-order valence-corrected chi connectivity index (χ1v) is 8.09. The van der Waals surface area contributed by atoms with Crippen LogP contribution >= 0.6 is 0 Å². The van der Waals surface area contributed by atoms with E-state index in [0.717, 1.165) is 11.1 Å². The van der Waals surface area contributed by atoms with Crippen LogP contribution in [-0.2, 0) is 17.5 Å². The first kappa shape index (κ1) is 19.2. The van der Waals surface area contributed by atoms with Crippen molar-refractivity contribution in [1.29, 1.82) is 0 Å². The predicted molar refractivity (Wildman–Crippen MR) is 96.5 cm³/mol. The number of amides is 1. The second-order valence-corrected chi connectivity index (χ2v) is 5.77. The minimum Gasteiger partial charge on any atom is -0.496 e. The molecular weight excluding hydrogens is 375 g/mol. The number of alkyl halides is 3. The Morgan fingerprint density at radius 3 is 2.46 bits per heavy atom. The quantitative estimate of drug-likeness (QED) is 0.697. The molecule has 0 atom stereocenters. The molecule has 0 bridgehead atoms. The molecule has 146 valence electrons. The third kappa shape index (κ3) is 4.22. The van der Waals surface area contributed by atoms with Crippen molar-refractivity contribution in [2.75, 3.05) is 18.2 Å². The number of nitrogen functional groups attached to an aromatic ring is 1. The van der Waals surface area contributed by atoms with Gasteiger partial charge in [-0.05, 0) is 23.8 Å². The zero-order valence-corrected chi connectivity index (χ0v) is 14.7. The molecule has 0 aliphatic heterocycles. The summed E-state index contributed by atoms with van der Waals surface area (Å²) >= 11 is 0. The molecule has 1 heterocycles. The summed E-state index contributed by atoms with van der Waals surface area (Å²) in [5, 5.41) is 5.79. The first-order chi connectivity index (χ1) is 13.3. The van der Waals surface area contributed by atoms with Crippen LogP contribution in [0, 0.1) is 0 Å². The molecule has 2 aromatic carbocycles. The number of aromatic nitrogens is 3. The molecule has 0 saturated heterocycles. The van der Waals surface area contributed by atoms with Gasteiger partial charge in [-0.25, -0.2) is 4.68 Å². The van der Waals surface area contributed by atoms with Crippen LogP contribution in [0.3, 0.4) is 0 Å². The highest BCUT2D eigenvalue weighted by molar-refractivity contribution is 5.91. The Labute approximate surface area is 157 Å². The largest absolute Gasteiger partial charge is 0.496 e. The molecule has 0 aliphatic carbocycles. The average molecular weight is 391 g/mol. The van der Waals surface area contributed by atoms with Crippen LogP contribution in [0.15, 0.2) is 48.5 Å². The number of hydrogen-bond acceptors (Lipinski definition) is 5. The number of carbonyl (C=O) groups is 1. The standard InChI is InChI=1S/C18H16F3N5O2/c1-28-14-5-3-2-4-13(14)11-6-8-12(9-7-11)23-15(27)10-26-17(22)24-16(25-26)18(19,20)21/h2-9H,10H2,1H3,(H,23,27)(H2,22,24,25). The van der Waals surface area contributed by atoms with Crippen molar-refractivity contribution in [2.24, 2.45) is 0 Å². The lowest BCUT2D eigenvalue weighted by atomic mass is 10.0. The molecule has 3 N–H and O–H groups in total. The summed E-state index contributed by atoms with van der Waals surface area (Å²) in [7, 11) is 1.58. The Hall–Kier alpha value is -3.56. The van der Waals surface area contributed by atoms with E-state index in [1.54, 1.807) is 31.4 Å². The maximum absolute atomic E-state index is 12.6. The summed E-state index contributed by atoms with van der Waals surface area (Å²) in [6, 6.07) is 14.4. The number of benzene rings is 2. The molecule has 7 nitrogen and oxygen atoms in total. The number of carbonyl (C=O) groups excluding carboxylic acids is 1. The summed E-state index contributed by atoms with van der Waals surface area (Å²) in [6.07, 6.45) is -4.73. The molecule has 0 spiro atoms. The van der Waals surface area contributed by atoms with Gasteiger partial charge in [-0.15, -0.1) is 5.10 Å². The SMILES string of the molecule is COc1ccccc1-c1ccc(NC(=O)Cn2nc(C(F)(F)F)nc2N)cc1. The fourth-order valence-electron chi connectivity index (χ4n) is 2.54. The van der Waals surface area contributed by atoms with Gasteiger partial charge in [-0.1, -0.05) is 30.3 Å². The summed E-state index contributed by atoms with van der Waals surface area (Å²) in [6.45, 7) is -0.497. The van der Waals surface area contributed by atoms with Gasteiger partial charge in [0.2, 0.25) is 11.9 Å². The van der Waals surface area contributed by atoms with Crippen LogP contribution in [-0.4, -0.2) is 27.8 Å². The number of anilines is 2. The fourth-order valence-corrected chi connectivity index (χ4v) is 2.54. The molecule has 28 heavy (non-hydrogen) atoms. The second kappa shape index (κ2) is 7.59. The number of methoxy groups -OCH3 is 1. The van der Waals surface area contributed by atoms with Crippen LogP contribution in [0.2, 0.25) is 0 Å². The molecule has 10 heteroatoms. The molecule has 0 fully saturated rings. The van der Waals surface area contributed by atoms with Crippen molar-refractivity contribution in [3.05, 3.63) is 54.4 Å². The van der Waals surface area contributed by atoms with E-state index < -0.39 is 30.4 Å². The van der Waals surface area contributed by atoms with E-state index >= 15 is 0 Å². The van der Waals surface area contributed by atoms with Crippen molar-refractivity contribution in [1.82, 2.24) is 14.8 Å². The van der Waals surface area contributed by atoms with Gasteiger partial charge in [0.05, 0.1) is 7.11 Å². The number of nitrogens with two attached hydrogens (primary N) is 1. The van der Waals surface area contributed by atoms with Gasteiger partial charge in [0.1, 0.15) is 12.3 Å². The smallest absolute Gasteiger partial charge is 0.453 e. The highest BCUT2D eigenvalue weighted by Crippen LogP contribution is 2.30. The number of para-hydroxylation sites is 1. The van der Waals surface area contributed by atoms with Gasteiger partial charge in [0, 0.05) is 11.3 Å². The molecule has 0 unspecified atom stereocenters. The van der Waals surface area contributed by atoms with Gasteiger partial charge in [-0.3, -0.25) is 4.79 Å². The molecular formula is C18H16F3N5O2. The number of rotatable bonds is 5. The maximum atomic E-state index is 12.6. The van der Waals surface area contributed by atoms with Crippen molar-refractivity contribution >= 4 is 17.5 Å². The van der Waals surface area contributed by atoms with Crippen molar-refractivity contribution in [3.63, 3.8) is 0 Å². The molecule has 1 aromatic heterocycles. The minimum absolute atomic E-state index is 0.471. The van der Waals surface area contributed by atoms with Gasteiger partial charge >= 0.3 is 6.18 Å². The normalized spacial score (nSPS) is 11.3. The average Bonchev–Trinajstić information content (AvgIpc) is 3.03. The zero-order valence-electron chi connectivity index (χ0n) is 14.7. The Morgan fingerprint density at radius 2 is 1.86 bits per heavy atom. The van der Waals surface area contributed by atoms with Crippen LogP contribution < -0.4 is 15.8 Å². The van der Waals surface area contributed by atoms with E-state index in [4.69, 9.17) is 10.5 Å². The second-order valence-electron chi connectivity index (χ2n) is 5.77. The number of halogens is 3. The van der Waals surface area contributed by atoms with Crippen LogP contribution in [0.4, 0.5) is 24.8 Å². The Balaban J connectivity index is 1.69. The third-order valence-corrected chi connectivity index (χ3v) is 3.83. The van der Waals surface area contributed by atoms with Gasteiger partial charge < -0.3 is 15.8 Å². The van der Waals surface area contributed by atoms with Gasteiger partial charge in [-0.2, -0.15) is 18.2 Å². The van der Waals surface area contributed by atoms with Gasteiger partial charge in [0.25, 0.3) is 5.82 Å². The zero-order chi connectivity index (χ0) is 20.3. The van der Waals surface area contributed by atoms with Crippen LogP contribution in [0.5, 0.6) is 5.75 Å². The Bertz CT molecular complexity index is 984. The lowest BCUT2D eigenvalue weighted by molar-refractivity contribution is -0.145. The molecule has 0 aliphatic rings. The minimum atomic E-state index is -4.73. The first-order valence-electron chi connectivity index (χ1n) is 8.09. The Morgan fingerprint density at radius 1 is 1.18 bits per heavy atom. The summed E-state index contributed by atoms with van der Waals surface area (Å²) in [4.78, 5) is 15.2. The molecule has 3 aromatic rings. The fraction of sp³-hybridized carbons (Fsp3) is 0.167. The van der Waals surface area contributed by atoms with E-state index in [1.165, 1.54) is 0 Å². The highest BCUT2D eigenvalue weighted by atomic mass is 19.4. The van der Waals surface area contributed by atoms with Crippen molar-refractivity contribution in [3.8, 4) is 16.9 Å². The lowest BCUT2D eigenvalue weighted by Gasteiger charge is -2.10. The van der Waals surface area contributed by atoms with Crippen LogP contribution in [0.1, 0.15) is 5.82 Å². The molecule has 0 saturated carbocycles. The number of hydrogen-bond donors (Lipinski definition) is 2. The maximum Gasteiger partial charge on any atom is 0.453 e. The number of nitrogens with zero attached hydrogens (tertiary/aromatic N) is 3.